The number of hydrogen-bond donors (Lipinski definition) is 0. The first-order valence-corrected chi connectivity index (χ1v) is 19.9. The highest BCUT2D eigenvalue weighted by molar-refractivity contribution is 7.26. The highest BCUT2D eigenvalue weighted by Crippen LogP contribution is 2.44. The summed E-state index contributed by atoms with van der Waals surface area (Å²) in [5, 5.41) is 7.93. The van der Waals surface area contributed by atoms with Crippen LogP contribution in [0.1, 0.15) is 0 Å². The van der Waals surface area contributed by atoms with Crippen molar-refractivity contribution in [2.45, 2.75) is 0 Å². The standard InChI is InChI=1S/C48H29NS3/c1-4-15-42-37(11-1)39-25-24-35(29-47(39)52-42)49(33-22-19-30(20-23-33)36-14-8-18-46-48(36)40-13-3-6-17-44(40)51-46)34-10-7-9-31(27-34)32-21-26-45-41(28-32)38-12-2-5-16-43(38)50-45/h1-29H. The zero-order valence-corrected chi connectivity index (χ0v) is 30.4. The van der Waals surface area contributed by atoms with E-state index in [1.54, 1.807) is 0 Å². The van der Waals surface area contributed by atoms with E-state index in [4.69, 9.17) is 0 Å². The number of hydrogen-bond acceptors (Lipinski definition) is 4. The lowest BCUT2D eigenvalue weighted by atomic mass is 9.99. The molecule has 0 spiro atoms. The molecular weight excluding hydrogens is 687 g/mol. The normalized spacial score (nSPS) is 11.8. The van der Waals surface area contributed by atoms with Crippen LogP contribution in [0.25, 0.3) is 82.8 Å². The summed E-state index contributed by atoms with van der Waals surface area (Å²) in [6, 6.07) is 65.0. The molecule has 244 valence electrons. The van der Waals surface area contributed by atoms with Crippen molar-refractivity contribution in [2.75, 3.05) is 4.90 Å². The van der Waals surface area contributed by atoms with Gasteiger partial charge in [-0.15, -0.1) is 34.0 Å². The van der Waals surface area contributed by atoms with Gasteiger partial charge in [-0.05, 0) is 95.1 Å². The molecule has 1 nitrogen and oxygen atoms in total. The van der Waals surface area contributed by atoms with Crippen molar-refractivity contribution < 1.29 is 0 Å². The lowest BCUT2D eigenvalue weighted by Gasteiger charge is -2.26. The summed E-state index contributed by atoms with van der Waals surface area (Å²) >= 11 is 5.60. The first-order valence-electron chi connectivity index (χ1n) is 17.5. The van der Waals surface area contributed by atoms with Gasteiger partial charge in [0.25, 0.3) is 0 Å². The Bertz CT molecular complexity index is 3140. The van der Waals surface area contributed by atoms with Gasteiger partial charge in [0.05, 0.1) is 0 Å². The minimum Gasteiger partial charge on any atom is -0.310 e. The van der Waals surface area contributed by atoms with Crippen molar-refractivity contribution >= 4 is 112 Å². The molecule has 0 bridgehead atoms. The minimum absolute atomic E-state index is 1.13. The molecule has 11 rings (SSSR count). The molecule has 0 radical (unpaired) electrons. The first-order chi connectivity index (χ1) is 25.7. The van der Waals surface area contributed by atoms with Crippen molar-refractivity contribution in [1.29, 1.82) is 0 Å². The number of nitrogens with zero attached hydrogens (tertiary/aromatic N) is 1. The summed E-state index contributed by atoms with van der Waals surface area (Å²) in [4.78, 5) is 2.41. The SMILES string of the molecule is c1cc(-c2ccc3sc4ccccc4c3c2)cc(N(c2ccc(-c3cccc4sc5ccccc5c34)cc2)c2ccc3c(c2)sc2ccccc23)c1. The molecular formula is C48H29NS3. The van der Waals surface area contributed by atoms with Gasteiger partial charge in [0, 0.05) is 77.6 Å². The van der Waals surface area contributed by atoms with Gasteiger partial charge in [-0.2, -0.15) is 0 Å². The fraction of sp³-hybridized carbons (Fsp3) is 0. The van der Waals surface area contributed by atoms with Crippen LogP contribution < -0.4 is 4.90 Å². The topological polar surface area (TPSA) is 3.24 Å². The van der Waals surface area contributed by atoms with E-state index in [1.165, 1.54) is 82.8 Å². The molecule has 0 saturated carbocycles. The first kappa shape index (κ1) is 29.9. The molecule has 4 heteroatoms. The molecule has 0 fully saturated rings. The average molecular weight is 716 g/mol. The van der Waals surface area contributed by atoms with Gasteiger partial charge in [0.2, 0.25) is 0 Å². The second kappa shape index (κ2) is 11.9. The molecule has 0 atom stereocenters. The fourth-order valence-corrected chi connectivity index (χ4v) is 11.2. The van der Waals surface area contributed by atoms with Gasteiger partial charge in [-0.3, -0.25) is 0 Å². The Kier molecular flexibility index (Phi) is 6.84. The Morgan fingerprint density at radius 3 is 1.63 bits per heavy atom. The summed E-state index contributed by atoms with van der Waals surface area (Å²) in [7, 11) is 0. The number of benzene rings is 8. The molecule has 3 aromatic heterocycles. The van der Waals surface area contributed by atoms with Crippen LogP contribution in [-0.4, -0.2) is 0 Å². The summed E-state index contributed by atoms with van der Waals surface area (Å²) in [6.07, 6.45) is 0. The van der Waals surface area contributed by atoms with E-state index < -0.39 is 0 Å². The van der Waals surface area contributed by atoms with E-state index in [0.29, 0.717) is 0 Å². The molecule has 0 unspecified atom stereocenters. The summed E-state index contributed by atoms with van der Waals surface area (Å²) in [5.74, 6) is 0. The maximum atomic E-state index is 2.41. The highest BCUT2D eigenvalue weighted by atomic mass is 32.1. The summed E-state index contributed by atoms with van der Waals surface area (Å²) < 4.78 is 7.92. The zero-order valence-electron chi connectivity index (χ0n) is 27.9. The Balaban J connectivity index is 1.06. The van der Waals surface area contributed by atoms with Crippen molar-refractivity contribution in [3.8, 4) is 22.3 Å². The monoisotopic (exact) mass is 715 g/mol. The van der Waals surface area contributed by atoms with Gasteiger partial charge in [-0.1, -0.05) is 103 Å². The van der Waals surface area contributed by atoms with Crippen LogP contribution >= 0.6 is 34.0 Å². The minimum atomic E-state index is 1.13. The predicted molar refractivity (Wildman–Crippen MR) is 231 cm³/mol. The van der Waals surface area contributed by atoms with Crippen LogP contribution in [-0.2, 0) is 0 Å². The number of thiophene rings is 3. The molecule has 0 aliphatic rings. The van der Waals surface area contributed by atoms with E-state index in [1.807, 2.05) is 34.0 Å². The lowest BCUT2D eigenvalue weighted by molar-refractivity contribution is 1.29. The second-order valence-electron chi connectivity index (χ2n) is 13.3. The molecule has 0 aliphatic heterocycles. The Hall–Kier alpha value is -5.78. The smallest absolute Gasteiger partial charge is 0.0476 e. The second-order valence-corrected chi connectivity index (χ2v) is 16.5. The van der Waals surface area contributed by atoms with Gasteiger partial charge in [0.1, 0.15) is 0 Å². The highest BCUT2D eigenvalue weighted by Gasteiger charge is 2.17. The van der Waals surface area contributed by atoms with Crippen LogP contribution in [0.4, 0.5) is 17.1 Å². The predicted octanol–water partition coefficient (Wildman–Crippen LogP) is 15.6. The lowest BCUT2D eigenvalue weighted by Crippen LogP contribution is -2.09. The van der Waals surface area contributed by atoms with Crippen LogP contribution in [0.3, 0.4) is 0 Å². The maximum Gasteiger partial charge on any atom is 0.0476 e. The Morgan fingerprint density at radius 1 is 0.288 bits per heavy atom. The van der Waals surface area contributed by atoms with Crippen LogP contribution in [0, 0.1) is 0 Å². The van der Waals surface area contributed by atoms with Gasteiger partial charge in [-0.25, -0.2) is 0 Å². The van der Waals surface area contributed by atoms with Gasteiger partial charge >= 0.3 is 0 Å². The third-order valence-electron chi connectivity index (χ3n) is 10.3. The van der Waals surface area contributed by atoms with Crippen molar-refractivity contribution in [2.24, 2.45) is 0 Å². The van der Waals surface area contributed by atoms with E-state index >= 15 is 0 Å². The maximum absolute atomic E-state index is 2.41. The summed E-state index contributed by atoms with van der Waals surface area (Å²) in [6.45, 7) is 0. The number of rotatable bonds is 5. The van der Waals surface area contributed by atoms with E-state index in [0.717, 1.165) is 17.1 Å². The molecule has 0 aliphatic carbocycles. The largest absolute Gasteiger partial charge is 0.310 e. The van der Waals surface area contributed by atoms with Crippen LogP contribution in [0.15, 0.2) is 176 Å². The Labute approximate surface area is 312 Å². The van der Waals surface area contributed by atoms with Crippen molar-refractivity contribution in [1.82, 2.24) is 0 Å². The Morgan fingerprint density at radius 2 is 0.827 bits per heavy atom. The van der Waals surface area contributed by atoms with E-state index in [9.17, 15) is 0 Å². The van der Waals surface area contributed by atoms with Crippen LogP contribution in [0.2, 0.25) is 0 Å². The number of anilines is 3. The zero-order chi connectivity index (χ0) is 34.2. The average Bonchev–Trinajstić information content (AvgIpc) is 3.89. The molecule has 0 amide bonds. The number of fused-ring (bicyclic) bond motifs is 9. The van der Waals surface area contributed by atoms with Gasteiger partial charge < -0.3 is 4.90 Å². The molecule has 11 aromatic rings. The molecule has 8 aromatic carbocycles. The van der Waals surface area contributed by atoms with Gasteiger partial charge in [0.15, 0.2) is 0 Å². The fourth-order valence-electron chi connectivity index (χ4n) is 7.84. The van der Waals surface area contributed by atoms with Crippen molar-refractivity contribution in [3.63, 3.8) is 0 Å². The third-order valence-corrected chi connectivity index (χ3v) is 13.7. The molecule has 0 N–H and O–H groups in total. The van der Waals surface area contributed by atoms with Crippen molar-refractivity contribution in [3.05, 3.63) is 176 Å². The van der Waals surface area contributed by atoms with Crippen LogP contribution in [0.5, 0.6) is 0 Å². The molecule has 52 heavy (non-hydrogen) atoms. The van der Waals surface area contributed by atoms with E-state index in [-0.39, 0.29) is 0 Å². The molecule has 3 heterocycles. The van der Waals surface area contributed by atoms with E-state index in [2.05, 4.69) is 181 Å². The third kappa shape index (κ3) is 4.80. The summed E-state index contributed by atoms with van der Waals surface area (Å²) in [5.41, 5.74) is 8.34. The quantitative estimate of drug-likeness (QED) is 0.171. The molecule has 0 saturated heterocycles.